The predicted octanol–water partition coefficient (Wildman–Crippen LogP) is 2.50. The Morgan fingerprint density at radius 2 is 1.63 bits per heavy atom. The summed E-state index contributed by atoms with van der Waals surface area (Å²) in [5.74, 6) is -0.650. The van der Waals surface area contributed by atoms with Gasteiger partial charge in [0.25, 0.3) is 11.8 Å². The molecule has 4 nitrogen and oxygen atoms in total. The fraction of sp³-hybridized carbons (Fsp3) is 0.133. The van der Waals surface area contributed by atoms with Gasteiger partial charge in [-0.3, -0.25) is 14.6 Å². The van der Waals surface area contributed by atoms with E-state index >= 15 is 0 Å². The van der Waals surface area contributed by atoms with Crippen molar-refractivity contribution >= 4 is 17.5 Å². The first-order chi connectivity index (χ1) is 9.11. The fourth-order valence-electron chi connectivity index (χ4n) is 2.43. The molecule has 0 saturated heterocycles. The lowest BCUT2D eigenvalue weighted by atomic mass is 10.1. The van der Waals surface area contributed by atoms with E-state index in [0.29, 0.717) is 11.3 Å². The summed E-state index contributed by atoms with van der Waals surface area (Å²) >= 11 is 0. The summed E-state index contributed by atoms with van der Waals surface area (Å²) in [6, 6.07) is 8.98. The highest BCUT2D eigenvalue weighted by Crippen LogP contribution is 2.31. The summed E-state index contributed by atoms with van der Waals surface area (Å²) in [4.78, 5) is 30.0. The maximum absolute atomic E-state index is 12.4. The van der Waals surface area contributed by atoms with Crippen LogP contribution in [0.5, 0.6) is 0 Å². The molecule has 1 aromatic carbocycles. The predicted molar refractivity (Wildman–Crippen MR) is 71.3 cm³/mol. The molecule has 0 unspecified atom stereocenters. The van der Waals surface area contributed by atoms with Gasteiger partial charge in [0.2, 0.25) is 0 Å². The second-order valence-corrected chi connectivity index (χ2v) is 4.59. The van der Waals surface area contributed by atoms with Gasteiger partial charge in [-0.15, -0.1) is 0 Å². The summed E-state index contributed by atoms with van der Waals surface area (Å²) in [6.07, 6.45) is 1.53. The second kappa shape index (κ2) is 4.02. The van der Waals surface area contributed by atoms with Crippen molar-refractivity contribution in [3.63, 3.8) is 0 Å². The zero-order valence-corrected chi connectivity index (χ0v) is 10.7. The molecule has 4 heteroatoms. The lowest BCUT2D eigenvalue weighted by Gasteiger charge is -2.18. The number of amides is 2. The van der Waals surface area contributed by atoms with Crippen molar-refractivity contribution in [2.75, 3.05) is 4.90 Å². The zero-order valence-electron chi connectivity index (χ0n) is 10.7. The highest BCUT2D eigenvalue weighted by atomic mass is 16.2. The van der Waals surface area contributed by atoms with E-state index in [1.165, 1.54) is 11.1 Å². The first-order valence-electron chi connectivity index (χ1n) is 6.01. The molecule has 1 aliphatic rings. The molecule has 1 aromatic heterocycles. The quantitative estimate of drug-likeness (QED) is 0.733. The molecule has 2 aromatic rings. The van der Waals surface area contributed by atoms with Crippen LogP contribution in [-0.4, -0.2) is 16.8 Å². The molecule has 2 heterocycles. The number of hydrogen-bond acceptors (Lipinski definition) is 3. The van der Waals surface area contributed by atoms with E-state index in [4.69, 9.17) is 0 Å². The molecule has 3 rings (SSSR count). The lowest BCUT2D eigenvalue weighted by molar-refractivity contribution is 0.0924. The molecular formula is C15H12N2O2. The summed E-state index contributed by atoms with van der Waals surface area (Å²) in [5.41, 5.74) is 3.06. The van der Waals surface area contributed by atoms with Crippen LogP contribution in [-0.2, 0) is 0 Å². The zero-order chi connectivity index (χ0) is 13.6. The molecule has 0 saturated carbocycles. The van der Waals surface area contributed by atoms with Gasteiger partial charge in [0.15, 0.2) is 0 Å². The minimum atomic E-state index is -0.349. The van der Waals surface area contributed by atoms with Crippen LogP contribution in [0.4, 0.5) is 5.69 Å². The molecule has 0 aliphatic carbocycles. The number of aryl methyl sites for hydroxylation is 2. The summed E-state index contributed by atoms with van der Waals surface area (Å²) in [7, 11) is 0. The Morgan fingerprint density at radius 1 is 0.947 bits per heavy atom. The van der Waals surface area contributed by atoms with Crippen molar-refractivity contribution in [3.05, 3.63) is 58.9 Å². The van der Waals surface area contributed by atoms with Gasteiger partial charge in [-0.25, -0.2) is 4.90 Å². The number of benzene rings is 1. The Morgan fingerprint density at radius 3 is 2.26 bits per heavy atom. The van der Waals surface area contributed by atoms with Crippen LogP contribution < -0.4 is 4.90 Å². The smallest absolute Gasteiger partial charge is 0.268 e. The van der Waals surface area contributed by atoms with Crippen LogP contribution in [0.25, 0.3) is 0 Å². The van der Waals surface area contributed by atoms with Crippen LogP contribution in [0.1, 0.15) is 32.0 Å². The van der Waals surface area contributed by atoms with E-state index in [1.54, 1.807) is 12.1 Å². The van der Waals surface area contributed by atoms with Gasteiger partial charge in [-0.1, -0.05) is 18.2 Å². The molecule has 0 atom stereocenters. The van der Waals surface area contributed by atoms with E-state index in [2.05, 4.69) is 4.98 Å². The number of anilines is 1. The molecule has 0 spiro atoms. The van der Waals surface area contributed by atoms with Gasteiger partial charge in [0.1, 0.15) is 5.69 Å². The van der Waals surface area contributed by atoms with Gasteiger partial charge >= 0.3 is 0 Å². The minimum Gasteiger partial charge on any atom is -0.268 e. The Labute approximate surface area is 110 Å². The molecule has 94 valence electrons. The third-order valence-electron chi connectivity index (χ3n) is 3.31. The van der Waals surface area contributed by atoms with E-state index in [0.717, 1.165) is 11.1 Å². The summed E-state index contributed by atoms with van der Waals surface area (Å²) in [6.45, 7) is 3.78. The second-order valence-electron chi connectivity index (χ2n) is 4.59. The van der Waals surface area contributed by atoms with Crippen molar-refractivity contribution in [1.82, 2.24) is 4.98 Å². The van der Waals surface area contributed by atoms with Gasteiger partial charge in [0, 0.05) is 6.20 Å². The SMILES string of the molecule is Cc1cccc(C)c1N1C(=O)c2cccnc2C1=O. The fourth-order valence-corrected chi connectivity index (χ4v) is 2.43. The molecular weight excluding hydrogens is 240 g/mol. The van der Waals surface area contributed by atoms with Crippen molar-refractivity contribution in [2.24, 2.45) is 0 Å². The molecule has 0 bridgehead atoms. The van der Waals surface area contributed by atoms with Crippen LogP contribution in [0.15, 0.2) is 36.5 Å². The van der Waals surface area contributed by atoms with Gasteiger partial charge in [-0.05, 0) is 37.1 Å². The number of para-hydroxylation sites is 1. The number of carbonyl (C=O) groups is 2. The first-order valence-corrected chi connectivity index (χ1v) is 6.01. The number of fused-ring (bicyclic) bond motifs is 1. The maximum atomic E-state index is 12.4. The highest BCUT2D eigenvalue weighted by Gasteiger charge is 2.38. The van der Waals surface area contributed by atoms with E-state index < -0.39 is 0 Å². The van der Waals surface area contributed by atoms with Gasteiger partial charge in [-0.2, -0.15) is 0 Å². The van der Waals surface area contributed by atoms with Crippen molar-refractivity contribution < 1.29 is 9.59 Å². The molecule has 0 fully saturated rings. The third-order valence-corrected chi connectivity index (χ3v) is 3.31. The molecule has 1 aliphatic heterocycles. The average Bonchev–Trinajstić information content (AvgIpc) is 2.64. The van der Waals surface area contributed by atoms with E-state index in [9.17, 15) is 9.59 Å². The molecule has 2 amide bonds. The van der Waals surface area contributed by atoms with Crippen molar-refractivity contribution in [1.29, 1.82) is 0 Å². The number of carbonyl (C=O) groups excluding carboxylic acids is 2. The van der Waals surface area contributed by atoms with E-state index in [-0.39, 0.29) is 17.5 Å². The van der Waals surface area contributed by atoms with Crippen LogP contribution in [0, 0.1) is 13.8 Å². The average molecular weight is 252 g/mol. The third kappa shape index (κ3) is 1.57. The largest absolute Gasteiger partial charge is 0.284 e. The number of imide groups is 1. The molecule has 0 N–H and O–H groups in total. The summed E-state index contributed by atoms with van der Waals surface area (Å²) < 4.78 is 0. The summed E-state index contributed by atoms with van der Waals surface area (Å²) in [5, 5.41) is 0. The first kappa shape index (κ1) is 11.6. The van der Waals surface area contributed by atoms with Crippen molar-refractivity contribution in [3.8, 4) is 0 Å². The number of aromatic nitrogens is 1. The number of rotatable bonds is 1. The highest BCUT2D eigenvalue weighted by molar-refractivity contribution is 6.34. The maximum Gasteiger partial charge on any atom is 0.284 e. The number of pyridine rings is 1. The minimum absolute atomic E-state index is 0.232. The number of nitrogens with zero attached hydrogens (tertiary/aromatic N) is 2. The number of hydrogen-bond donors (Lipinski definition) is 0. The Bertz CT molecular complexity index is 652. The normalized spacial score (nSPS) is 13.9. The lowest BCUT2D eigenvalue weighted by Crippen LogP contribution is -2.30. The van der Waals surface area contributed by atoms with Gasteiger partial charge in [0.05, 0.1) is 11.3 Å². The van der Waals surface area contributed by atoms with E-state index in [1.807, 2.05) is 32.0 Å². The Hall–Kier alpha value is -2.49. The molecule has 0 radical (unpaired) electrons. The molecule has 19 heavy (non-hydrogen) atoms. The van der Waals surface area contributed by atoms with Gasteiger partial charge < -0.3 is 0 Å². The Kier molecular flexibility index (Phi) is 2.45. The standard InChI is InChI=1S/C15H12N2O2/c1-9-5-3-6-10(2)13(9)17-14(18)11-7-4-8-16-12(11)15(17)19/h3-8H,1-2H3. The van der Waals surface area contributed by atoms with Crippen LogP contribution >= 0.6 is 0 Å². The topological polar surface area (TPSA) is 50.3 Å². The monoisotopic (exact) mass is 252 g/mol. The van der Waals surface area contributed by atoms with Crippen LogP contribution in [0.2, 0.25) is 0 Å². The van der Waals surface area contributed by atoms with Crippen molar-refractivity contribution in [2.45, 2.75) is 13.8 Å². The Balaban J connectivity index is 2.20. The van der Waals surface area contributed by atoms with Crippen LogP contribution in [0.3, 0.4) is 0 Å².